The van der Waals surface area contributed by atoms with Crippen molar-refractivity contribution in [3.8, 4) is 0 Å². The lowest BCUT2D eigenvalue weighted by Crippen LogP contribution is -2.32. The maximum atomic E-state index is 13.5. The molecule has 2 amide bonds. The van der Waals surface area contributed by atoms with Crippen LogP contribution in [0.25, 0.3) is 10.3 Å². The highest BCUT2D eigenvalue weighted by Crippen LogP contribution is 2.28. The normalized spacial score (nSPS) is 16.9. The van der Waals surface area contributed by atoms with Crippen molar-refractivity contribution in [2.24, 2.45) is 5.92 Å². The molecule has 1 saturated heterocycles. The summed E-state index contributed by atoms with van der Waals surface area (Å²) in [4.78, 5) is 43.6. The van der Waals surface area contributed by atoms with Gasteiger partial charge < -0.3 is 15.5 Å². The van der Waals surface area contributed by atoms with Crippen LogP contribution in [0.1, 0.15) is 47.4 Å². The number of hydrogen-bond acceptors (Lipinski definition) is 8. The van der Waals surface area contributed by atoms with Crippen LogP contribution in [-0.2, 0) is 4.79 Å². The van der Waals surface area contributed by atoms with Gasteiger partial charge in [-0.1, -0.05) is 0 Å². The molecule has 2 N–H and O–H groups in total. The number of pyridine rings is 1. The van der Waals surface area contributed by atoms with Crippen LogP contribution in [0, 0.1) is 18.7 Å². The van der Waals surface area contributed by atoms with E-state index in [4.69, 9.17) is 0 Å². The fourth-order valence-corrected chi connectivity index (χ4v) is 4.54. The summed E-state index contributed by atoms with van der Waals surface area (Å²) >= 11 is 1.38. The molecule has 0 saturated carbocycles. The average molecular weight is 458 g/mol. The number of likely N-dealkylation sites (tertiary alicyclic amines) is 1. The van der Waals surface area contributed by atoms with E-state index in [1.54, 1.807) is 11.1 Å². The number of halogens is 1. The topological polar surface area (TPSA) is 113 Å². The summed E-state index contributed by atoms with van der Waals surface area (Å²) in [6.07, 6.45) is 3.53. The number of fused-ring (bicyclic) bond motifs is 1. The maximum absolute atomic E-state index is 13.5. The molecule has 32 heavy (non-hydrogen) atoms. The summed E-state index contributed by atoms with van der Waals surface area (Å²) in [6.45, 7) is 6.87. The average Bonchev–Trinajstić information content (AvgIpc) is 3.37. The van der Waals surface area contributed by atoms with Crippen molar-refractivity contribution in [3.05, 3.63) is 40.5 Å². The molecular formula is C21H24FN7O2S. The fraction of sp³-hybridized carbons (Fsp3) is 0.429. The lowest BCUT2D eigenvalue weighted by molar-refractivity contribution is -0.119. The number of aromatic nitrogens is 4. The molecule has 0 radical (unpaired) electrons. The first-order valence-electron chi connectivity index (χ1n) is 10.4. The van der Waals surface area contributed by atoms with Crippen LogP contribution < -0.4 is 10.6 Å². The lowest BCUT2D eigenvalue weighted by atomic mass is 10.1. The van der Waals surface area contributed by atoms with E-state index >= 15 is 0 Å². The second kappa shape index (κ2) is 9.11. The standard InChI is InChI=1S/C21H24FN7O2S/c1-11(15-6-16(22)9-23-8-15)25-21-27-17(18-19(28-21)26-13(3)32-18)20(31)29-5-4-14(10-29)7-24-12(2)30/h6,8-9,11,14H,4-5,7,10H2,1-3H3,(H,24,30)(H,25,27,28)/t11-,14+/m0/s1. The van der Waals surface area contributed by atoms with Gasteiger partial charge in [0.2, 0.25) is 11.9 Å². The van der Waals surface area contributed by atoms with Crippen molar-refractivity contribution in [1.29, 1.82) is 0 Å². The highest BCUT2D eigenvalue weighted by Gasteiger charge is 2.30. The number of anilines is 1. The lowest BCUT2D eigenvalue weighted by Gasteiger charge is -2.18. The Bertz CT molecular complexity index is 1170. The van der Waals surface area contributed by atoms with Crippen LogP contribution in [-0.4, -0.2) is 56.3 Å². The molecule has 3 aromatic heterocycles. The zero-order valence-corrected chi connectivity index (χ0v) is 18.9. The largest absolute Gasteiger partial charge is 0.356 e. The third kappa shape index (κ3) is 4.82. The SMILES string of the molecule is CC(=O)NC[C@H]1CCN(C(=O)c2nc(N[C@@H](C)c3cncc(F)c3)nc3nc(C)sc23)C1. The second-order valence-electron chi connectivity index (χ2n) is 7.93. The minimum Gasteiger partial charge on any atom is -0.356 e. The van der Waals surface area contributed by atoms with E-state index in [0.717, 1.165) is 17.6 Å². The van der Waals surface area contributed by atoms with Crippen molar-refractivity contribution in [1.82, 2.24) is 30.2 Å². The predicted molar refractivity (Wildman–Crippen MR) is 119 cm³/mol. The van der Waals surface area contributed by atoms with Gasteiger partial charge in [0.05, 0.1) is 17.2 Å². The maximum Gasteiger partial charge on any atom is 0.274 e. The third-order valence-corrected chi connectivity index (χ3v) is 6.31. The zero-order chi connectivity index (χ0) is 22.8. The second-order valence-corrected chi connectivity index (χ2v) is 9.13. The van der Waals surface area contributed by atoms with E-state index < -0.39 is 5.82 Å². The van der Waals surface area contributed by atoms with E-state index in [0.29, 0.717) is 41.2 Å². The zero-order valence-electron chi connectivity index (χ0n) is 18.1. The van der Waals surface area contributed by atoms with Gasteiger partial charge in [-0.15, -0.1) is 11.3 Å². The number of carbonyl (C=O) groups is 2. The van der Waals surface area contributed by atoms with Crippen LogP contribution in [0.5, 0.6) is 0 Å². The number of hydrogen-bond donors (Lipinski definition) is 2. The Morgan fingerprint density at radius 2 is 2.12 bits per heavy atom. The molecule has 1 fully saturated rings. The molecule has 0 bridgehead atoms. The van der Waals surface area contributed by atoms with Crippen LogP contribution in [0.3, 0.4) is 0 Å². The van der Waals surface area contributed by atoms with Crippen LogP contribution in [0.15, 0.2) is 18.5 Å². The van der Waals surface area contributed by atoms with E-state index in [9.17, 15) is 14.0 Å². The predicted octanol–water partition coefficient (Wildman–Crippen LogP) is 2.70. The van der Waals surface area contributed by atoms with Crippen LogP contribution in [0.4, 0.5) is 10.3 Å². The first-order valence-corrected chi connectivity index (χ1v) is 11.2. The smallest absolute Gasteiger partial charge is 0.274 e. The van der Waals surface area contributed by atoms with Crippen LogP contribution in [0.2, 0.25) is 0 Å². The van der Waals surface area contributed by atoms with Crippen molar-refractivity contribution < 1.29 is 14.0 Å². The molecule has 0 aromatic carbocycles. The molecule has 0 spiro atoms. The number of carbonyl (C=O) groups excluding carboxylic acids is 2. The summed E-state index contributed by atoms with van der Waals surface area (Å²) in [6, 6.07) is 1.06. The number of amides is 2. The number of thiazole rings is 1. The number of rotatable bonds is 6. The van der Waals surface area contributed by atoms with Gasteiger partial charge in [-0.3, -0.25) is 14.6 Å². The Labute approximate surface area is 188 Å². The fourth-order valence-electron chi connectivity index (χ4n) is 3.70. The van der Waals surface area contributed by atoms with Gasteiger partial charge in [0.15, 0.2) is 11.3 Å². The Kier molecular flexibility index (Phi) is 6.26. The Morgan fingerprint density at radius 1 is 1.31 bits per heavy atom. The van der Waals surface area contributed by atoms with Gasteiger partial charge in [-0.25, -0.2) is 14.4 Å². The third-order valence-electron chi connectivity index (χ3n) is 5.35. The summed E-state index contributed by atoms with van der Waals surface area (Å²) in [5.74, 6) is -0.236. The van der Waals surface area contributed by atoms with Crippen molar-refractivity contribution in [2.75, 3.05) is 25.0 Å². The first kappa shape index (κ1) is 22.0. The van der Waals surface area contributed by atoms with Gasteiger partial charge >= 0.3 is 0 Å². The Morgan fingerprint density at radius 3 is 2.88 bits per heavy atom. The minimum atomic E-state index is -0.429. The molecule has 2 atom stereocenters. The highest BCUT2D eigenvalue weighted by molar-refractivity contribution is 7.18. The van der Waals surface area contributed by atoms with Gasteiger partial charge in [0.1, 0.15) is 10.5 Å². The number of nitrogens with one attached hydrogen (secondary N) is 2. The summed E-state index contributed by atoms with van der Waals surface area (Å²) in [5, 5.41) is 6.73. The number of nitrogens with zero attached hydrogens (tertiary/aromatic N) is 5. The monoisotopic (exact) mass is 457 g/mol. The molecule has 0 unspecified atom stereocenters. The van der Waals surface area contributed by atoms with E-state index in [-0.39, 0.29) is 29.7 Å². The minimum absolute atomic E-state index is 0.0780. The molecule has 168 valence electrons. The summed E-state index contributed by atoms with van der Waals surface area (Å²) in [7, 11) is 0. The Hall–Kier alpha value is -3.21. The molecule has 0 aliphatic carbocycles. The summed E-state index contributed by atoms with van der Waals surface area (Å²) < 4.78 is 14.2. The molecule has 11 heteroatoms. The molecule has 1 aliphatic heterocycles. The highest BCUT2D eigenvalue weighted by atomic mass is 32.1. The van der Waals surface area contributed by atoms with Crippen molar-refractivity contribution in [3.63, 3.8) is 0 Å². The molecule has 9 nitrogen and oxygen atoms in total. The van der Waals surface area contributed by atoms with Gasteiger partial charge in [-0.05, 0) is 37.8 Å². The van der Waals surface area contributed by atoms with Crippen molar-refractivity contribution in [2.45, 2.75) is 33.2 Å². The molecule has 4 heterocycles. The molecule has 4 rings (SSSR count). The molecule has 3 aromatic rings. The number of aryl methyl sites for hydroxylation is 1. The van der Waals surface area contributed by atoms with E-state index in [1.807, 2.05) is 13.8 Å². The van der Waals surface area contributed by atoms with Crippen LogP contribution >= 0.6 is 11.3 Å². The van der Waals surface area contributed by atoms with Gasteiger partial charge in [-0.2, -0.15) is 4.98 Å². The Balaban J connectivity index is 1.58. The van der Waals surface area contributed by atoms with Crippen molar-refractivity contribution >= 4 is 39.4 Å². The van der Waals surface area contributed by atoms with Gasteiger partial charge in [0, 0.05) is 32.8 Å². The molecular weight excluding hydrogens is 433 g/mol. The molecule has 1 aliphatic rings. The quantitative estimate of drug-likeness (QED) is 0.585. The first-order chi connectivity index (χ1) is 15.3. The summed E-state index contributed by atoms with van der Waals surface area (Å²) in [5.41, 5.74) is 1.39. The van der Waals surface area contributed by atoms with Gasteiger partial charge in [0.25, 0.3) is 5.91 Å². The van der Waals surface area contributed by atoms with E-state index in [2.05, 4.69) is 30.6 Å². The van der Waals surface area contributed by atoms with E-state index in [1.165, 1.54) is 24.3 Å².